The minimum atomic E-state index is -0.109. The number of oxazole rings is 1. The fourth-order valence-electron chi connectivity index (χ4n) is 4.08. The van der Waals surface area contributed by atoms with Gasteiger partial charge in [0.1, 0.15) is 5.69 Å². The summed E-state index contributed by atoms with van der Waals surface area (Å²) in [5.74, 6) is 0.529. The molecule has 0 spiro atoms. The molecule has 8 nitrogen and oxygen atoms in total. The molecule has 1 saturated heterocycles. The molecule has 0 saturated carbocycles. The summed E-state index contributed by atoms with van der Waals surface area (Å²) >= 11 is 0. The Hall–Kier alpha value is -4.23. The first-order chi connectivity index (χ1) is 18.2. The number of hydrogen-bond acceptors (Lipinski definition) is 8. The van der Waals surface area contributed by atoms with Crippen LogP contribution < -0.4 is 0 Å². The number of ketones is 1. The lowest BCUT2D eigenvalue weighted by molar-refractivity contribution is -0.191. The van der Waals surface area contributed by atoms with Crippen LogP contribution in [0.4, 0.5) is 0 Å². The number of carbonyl (C=O) groups is 1. The first-order valence-corrected chi connectivity index (χ1v) is 12.0. The van der Waals surface area contributed by atoms with Crippen LogP contribution in [0, 0.1) is 0 Å². The van der Waals surface area contributed by atoms with Gasteiger partial charge in [0.05, 0.1) is 19.4 Å². The van der Waals surface area contributed by atoms with E-state index in [0.717, 1.165) is 38.4 Å². The summed E-state index contributed by atoms with van der Waals surface area (Å²) in [5.41, 5.74) is 5.45. The molecule has 188 valence electrons. The Kier molecular flexibility index (Phi) is 9.21. The second-order valence-corrected chi connectivity index (χ2v) is 8.53. The van der Waals surface area contributed by atoms with Gasteiger partial charge in [-0.25, -0.2) is 4.98 Å². The quantitative estimate of drug-likeness (QED) is 0.329. The van der Waals surface area contributed by atoms with Gasteiger partial charge in [-0.1, -0.05) is 54.6 Å². The van der Waals surface area contributed by atoms with Crippen molar-refractivity contribution in [2.24, 2.45) is 0 Å². The number of aromatic nitrogens is 2. The maximum Gasteiger partial charge on any atom is 0.373 e. The first kappa shape index (κ1) is 25.9. The lowest BCUT2D eigenvalue weighted by Gasteiger charge is -2.26. The van der Waals surface area contributed by atoms with Crippen LogP contribution in [-0.4, -0.2) is 53.1 Å². The SMILES string of the molecule is O=C(CCc1ccc(-c2ccc(CN3CCOCC3)cc2)cc1)c1ncc(-c2ccccn2)o1.O=C=O. The molecule has 8 heteroatoms. The molecule has 3 heterocycles. The molecular weight excluding hydrogens is 470 g/mol. The average Bonchev–Trinajstić information content (AvgIpc) is 3.45. The minimum absolute atomic E-state index is 0.109. The maximum atomic E-state index is 12.5. The van der Waals surface area contributed by atoms with E-state index in [0.29, 0.717) is 24.3 Å². The van der Waals surface area contributed by atoms with Crippen LogP contribution in [0.25, 0.3) is 22.6 Å². The van der Waals surface area contributed by atoms with Gasteiger partial charge in [0.25, 0.3) is 5.89 Å². The largest absolute Gasteiger partial charge is 0.432 e. The van der Waals surface area contributed by atoms with E-state index in [1.54, 1.807) is 12.4 Å². The van der Waals surface area contributed by atoms with Gasteiger partial charge in [0.2, 0.25) is 5.78 Å². The molecule has 1 aliphatic rings. The molecule has 0 aliphatic carbocycles. The van der Waals surface area contributed by atoms with E-state index in [9.17, 15) is 4.79 Å². The van der Waals surface area contributed by atoms with Crippen molar-refractivity contribution < 1.29 is 23.5 Å². The molecule has 0 N–H and O–H groups in total. The van der Waals surface area contributed by atoms with Crippen molar-refractivity contribution in [3.63, 3.8) is 0 Å². The van der Waals surface area contributed by atoms with Gasteiger partial charge in [-0.15, -0.1) is 0 Å². The van der Waals surface area contributed by atoms with E-state index in [4.69, 9.17) is 18.7 Å². The van der Waals surface area contributed by atoms with Gasteiger partial charge < -0.3 is 9.15 Å². The molecule has 0 bridgehead atoms. The van der Waals surface area contributed by atoms with Gasteiger partial charge >= 0.3 is 6.15 Å². The number of Topliss-reactive ketones (excluding diaryl/α,β-unsaturated/α-hetero) is 1. The summed E-state index contributed by atoms with van der Waals surface area (Å²) < 4.78 is 11.0. The summed E-state index contributed by atoms with van der Waals surface area (Å²) in [6, 6.07) is 22.7. The molecule has 2 aromatic carbocycles. The number of benzene rings is 2. The van der Waals surface area contributed by atoms with Crippen molar-refractivity contribution in [3.8, 4) is 22.6 Å². The normalized spacial score (nSPS) is 13.3. The summed E-state index contributed by atoms with van der Waals surface area (Å²) in [6.45, 7) is 4.59. The van der Waals surface area contributed by atoms with Crippen molar-refractivity contribution in [2.45, 2.75) is 19.4 Å². The lowest BCUT2D eigenvalue weighted by Crippen LogP contribution is -2.35. The molecule has 4 aromatic rings. The van der Waals surface area contributed by atoms with Gasteiger partial charge in [-0.05, 0) is 40.8 Å². The molecule has 0 amide bonds. The number of morpholine rings is 1. The standard InChI is InChI=1S/C28H27N3O3.CO2/c32-26(28-30-19-27(34-28)25-3-1-2-14-29-25)13-8-21-4-9-23(10-5-21)24-11-6-22(7-12-24)20-31-15-17-33-18-16-31;2-1-3/h1-7,9-12,14,19H,8,13,15-18,20H2;. The van der Waals surface area contributed by atoms with Crippen LogP contribution >= 0.6 is 0 Å². The Labute approximate surface area is 214 Å². The number of nitrogens with zero attached hydrogens (tertiary/aromatic N) is 3. The predicted molar refractivity (Wildman–Crippen MR) is 135 cm³/mol. The van der Waals surface area contributed by atoms with Crippen LogP contribution in [0.2, 0.25) is 0 Å². The van der Waals surface area contributed by atoms with Crippen molar-refractivity contribution in [3.05, 3.63) is 96.1 Å². The summed E-state index contributed by atoms with van der Waals surface area (Å²) in [4.78, 5) is 39.6. The van der Waals surface area contributed by atoms with Crippen molar-refractivity contribution in [1.29, 1.82) is 0 Å². The number of carbonyl (C=O) groups excluding carboxylic acids is 3. The first-order valence-electron chi connectivity index (χ1n) is 12.0. The zero-order valence-electron chi connectivity index (χ0n) is 20.3. The van der Waals surface area contributed by atoms with E-state index in [1.807, 2.05) is 18.2 Å². The Balaban J connectivity index is 0.00000102. The molecule has 0 atom stereocenters. The Morgan fingerprint density at radius 2 is 1.51 bits per heavy atom. The summed E-state index contributed by atoms with van der Waals surface area (Å²) in [5, 5.41) is 0. The average molecular weight is 498 g/mol. The highest BCUT2D eigenvalue weighted by Crippen LogP contribution is 2.22. The third-order valence-electron chi connectivity index (χ3n) is 6.05. The monoisotopic (exact) mass is 497 g/mol. The summed E-state index contributed by atoms with van der Waals surface area (Å²) in [7, 11) is 0. The molecule has 5 rings (SSSR count). The van der Waals surface area contributed by atoms with E-state index in [1.165, 1.54) is 16.7 Å². The number of rotatable bonds is 8. The van der Waals surface area contributed by atoms with Crippen molar-refractivity contribution >= 4 is 11.9 Å². The zero-order chi connectivity index (χ0) is 25.9. The molecule has 1 fully saturated rings. The molecule has 1 aliphatic heterocycles. The number of ether oxygens (including phenoxy) is 1. The second kappa shape index (κ2) is 13.2. The second-order valence-electron chi connectivity index (χ2n) is 8.53. The van der Waals surface area contributed by atoms with E-state index in [2.05, 4.69) is 63.4 Å². The van der Waals surface area contributed by atoms with E-state index >= 15 is 0 Å². The minimum Gasteiger partial charge on any atom is -0.432 e. The van der Waals surface area contributed by atoms with Gasteiger partial charge in [-0.2, -0.15) is 9.59 Å². The van der Waals surface area contributed by atoms with Crippen molar-refractivity contribution in [2.75, 3.05) is 26.3 Å². The Bertz CT molecular complexity index is 1310. The highest BCUT2D eigenvalue weighted by Gasteiger charge is 2.15. The third-order valence-corrected chi connectivity index (χ3v) is 6.05. The molecule has 0 unspecified atom stereocenters. The van der Waals surface area contributed by atoms with E-state index < -0.39 is 0 Å². The predicted octanol–water partition coefficient (Wildman–Crippen LogP) is 4.47. The maximum absolute atomic E-state index is 12.5. The highest BCUT2D eigenvalue weighted by molar-refractivity contribution is 5.92. The molecular formula is C29H27N3O5. The molecule has 2 aromatic heterocycles. The van der Waals surface area contributed by atoms with E-state index in [-0.39, 0.29) is 17.8 Å². The molecule has 37 heavy (non-hydrogen) atoms. The lowest BCUT2D eigenvalue weighted by atomic mass is 10.0. The smallest absolute Gasteiger partial charge is 0.373 e. The van der Waals surface area contributed by atoms with Gasteiger partial charge in [0, 0.05) is 32.3 Å². The van der Waals surface area contributed by atoms with Crippen LogP contribution in [0.3, 0.4) is 0 Å². The Morgan fingerprint density at radius 3 is 2.14 bits per heavy atom. The third kappa shape index (κ3) is 7.38. The van der Waals surface area contributed by atoms with Crippen molar-refractivity contribution in [1.82, 2.24) is 14.9 Å². The highest BCUT2D eigenvalue weighted by atomic mass is 16.5. The van der Waals surface area contributed by atoms with Gasteiger partial charge in [-0.3, -0.25) is 14.7 Å². The van der Waals surface area contributed by atoms with Crippen LogP contribution in [-0.2, 0) is 27.3 Å². The van der Waals surface area contributed by atoms with Gasteiger partial charge in [0.15, 0.2) is 5.76 Å². The fourth-order valence-corrected chi connectivity index (χ4v) is 4.08. The summed E-state index contributed by atoms with van der Waals surface area (Å²) in [6.07, 6.45) is 4.47. The zero-order valence-corrected chi connectivity index (χ0v) is 20.3. The molecule has 0 radical (unpaired) electrons. The number of aryl methyl sites for hydroxylation is 1. The number of hydrogen-bond donors (Lipinski definition) is 0. The topological polar surface area (TPSA) is 103 Å². The fraction of sp³-hybridized carbons (Fsp3) is 0.241. The van der Waals surface area contributed by atoms with Crippen LogP contribution in [0.5, 0.6) is 0 Å². The van der Waals surface area contributed by atoms with Crippen LogP contribution in [0.15, 0.2) is 83.5 Å². The van der Waals surface area contributed by atoms with Crippen LogP contribution in [0.1, 0.15) is 28.2 Å². The Morgan fingerprint density at radius 1 is 0.865 bits per heavy atom. The number of pyridine rings is 1.